The molecule has 2 fully saturated rings. The summed E-state index contributed by atoms with van der Waals surface area (Å²) in [6, 6.07) is 13.0. The Bertz CT molecular complexity index is 520. The molecule has 2 aliphatic heterocycles. The molecule has 2 saturated heterocycles. The van der Waals surface area contributed by atoms with Crippen LogP contribution in [0.3, 0.4) is 0 Å². The van der Waals surface area contributed by atoms with Crippen molar-refractivity contribution < 1.29 is 4.74 Å². The fourth-order valence-electron chi connectivity index (χ4n) is 3.88. The number of piperidine rings is 1. The number of ether oxygens (including phenoxy) is 1. The highest BCUT2D eigenvalue weighted by molar-refractivity contribution is 5.33. The second-order valence-electron chi connectivity index (χ2n) is 7.26. The first-order valence-corrected chi connectivity index (χ1v) is 8.43. The summed E-state index contributed by atoms with van der Waals surface area (Å²) >= 11 is 0. The van der Waals surface area contributed by atoms with Crippen LogP contribution in [0.2, 0.25) is 0 Å². The van der Waals surface area contributed by atoms with E-state index in [1.165, 1.54) is 5.56 Å². The third-order valence-electron chi connectivity index (χ3n) is 5.56. The molecule has 0 atom stereocenters. The Morgan fingerprint density at radius 3 is 2.32 bits per heavy atom. The van der Waals surface area contributed by atoms with Gasteiger partial charge in [0.2, 0.25) is 0 Å². The van der Waals surface area contributed by atoms with Crippen LogP contribution in [-0.2, 0) is 10.2 Å². The molecule has 1 aromatic rings. The minimum atomic E-state index is -0.283. The zero-order chi connectivity index (χ0) is 15.5. The highest BCUT2D eigenvalue weighted by Crippen LogP contribution is 2.37. The van der Waals surface area contributed by atoms with Crippen LogP contribution < -0.4 is 0 Å². The third kappa shape index (κ3) is 3.19. The summed E-state index contributed by atoms with van der Waals surface area (Å²) in [6.45, 7) is 7.39. The Morgan fingerprint density at radius 1 is 1.09 bits per heavy atom. The first-order chi connectivity index (χ1) is 10.7. The predicted molar refractivity (Wildman–Crippen MR) is 87.6 cm³/mol. The third-order valence-corrected chi connectivity index (χ3v) is 5.56. The topological polar surface area (TPSA) is 36.3 Å². The van der Waals surface area contributed by atoms with Gasteiger partial charge in [0.05, 0.1) is 11.5 Å². The summed E-state index contributed by atoms with van der Waals surface area (Å²) in [6.07, 6.45) is 4.21. The molecule has 0 N–H and O–H groups in total. The zero-order valence-corrected chi connectivity index (χ0v) is 13.6. The number of benzene rings is 1. The Morgan fingerprint density at radius 2 is 1.73 bits per heavy atom. The van der Waals surface area contributed by atoms with E-state index in [-0.39, 0.29) is 5.41 Å². The number of nitrogens with zero attached hydrogens (tertiary/aromatic N) is 2. The van der Waals surface area contributed by atoms with Gasteiger partial charge in [-0.1, -0.05) is 37.3 Å². The maximum Gasteiger partial charge on any atom is 0.0846 e. The molecule has 0 radical (unpaired) electrons. The van der Waals surface area contributed by atoms with Gasteiger partial charge in [0, 0.05) is 32.8 Å². The SMILES string of the molecule is CC1(CN2CCC(C#N)(c3ccccc3)CC2)CCOCC1. The Kier molecular flexibility index (Phi) is 4.52. The van der Waals surface area contributed by atoms with Crippen LogP contribution in [0, 0.1) is 16.7 Å². The van der Waals surface area contributed by atoms with Crippen molar-refractivity contribution in [1.29, 1.82) is 5.26 Å². The first-order valence-electron chi connectivity index (χ1n) is 8.43. The summed E-state index contributed by atoms with van der Waals surface area (Å²) in [5.41, 5.74) is 1.29. The molecule has 0 amide bonds. The lowest BCUT2D eigenvalue weighted by Crippen LogP contribution is -2.47. The van der Waals surface area contributed by atoms with E-state index in [1.807, 2.05) is 18.2 Å². The zero-order valence-electron chi connectivity index (χ0n) is 13.6. The first kappa shape index (κ1) is 15.5. The molecule has 22 heavy (non-hydrogen) atoms. The standard InChI is InChI=1S/C19H26N2O/c1-18(9-13-22-14-10-18)16-21-11-7-19(15-20,8-12-21)17-5-3-2-4-6-17/h2-6H,7-14,16H2,1H3. The van der Waals surface area contributed by atoms with Crippen LogP contribution in [0.15, 0.2) is 30.3 Å². The summed E-state index contributed by atoms with van der Waals surface area (Å²) in [5, 5.41) is 9.77. The average Bonchev–Trinajstić information content (AvgIpc) is 2.57. The average molecular weight is 298 g/mol. The Hall–Kier alpha value is -1.37. The highest BCUT2D eigenvalue weighted by atomic mass is 16.5. The van der Waals surface area contributed by atoms with Gasteiger partial charge in [0.15, 0.2) is 0 Å². The maximum atomic E-state index is 9.77. The van der Waals surface area contributed by atoms with Crippen molar-refractivity contribution in [2.75, 3.05) is 32.8 Å². The van der Waals surface area contributed by atoms with Crippen molar-refractivity contribution in [3.05, 3.63) is 35.9 Å². The van der Waals surface area contributed by atoms with Crippen molar-refractivity contribution in [3.63, 3.8) is 0 Å². The van der Waals surface area contributed by atoms with E-state index >= 15 is 0 Å². The fraction of sp³-hybridized carbons (Fsp3) is 0.632. The molecule has 3 heteroatoms. The van der Waals surface area contributed by atoms with E-state index in [9.17, 15) is 5.26 Å². The summed E-state index contributed by atoms with van der Waals surface area (Å²) in [4.78, 5) is 2.56. The van der Waals surface area contributed by atoms with Gasteiger partial charge in [-0.2, -0.15) is 5.26 Å². The number of nitriles is 1. The van der Waals surface area contributed by atoms with Gasteiger partial charge in [-0.25, -0.2) is 0 Å². The lowest BCUT2D eigenvalue weighted by Gasteiger charge is -2.43. The van der Waals surface area contributed by atoms with Crippen molar-refractivity contribution in [3.8, 4) is 6.07 Å². The van der Waals surface area contributed by atoms with Crippen LogP contribution in [0.25, 0.3) is 0 Å². The van der Waals surface area contributed by atoms with E-state index in [1.54, 1.807) is 0 Å². The number of likely N-dealkylation sites (tertiary alicyclic amines) is 1. The molecule has 2 heterocycles. The van der Waals surface area contributed by atoms with Crippen molar-refractivity contribution in [2.24, 2.45) is 5.41 Å². The summed E-state index contributed by atoms with van der Waals surface area (Å²) in [5.74, 6) is 0. The molecule has 1 aromatic carbocycles. The Labute approximate surface area is 133 Å². The van der Waals surface area contributed by atoms with E-state index in [4.69, 9.17) is 4.74 Å². The number of rotatable bonds is 3. The van der Waals surface area contributed by atoms with Gasteiger partial charge >= 0.3 is 0 Å². The molecule has 3 nitrogen and oxygen atoms in total. The minimum absolute atomic E-state index is 0.283. The lowest BCUT2D eigenvalue weighted by atomic mass is 9.73. The summed E-state index contributed by atoms with van der Waals surface area (Å²) in [7, 11) is 0. The lowest BCUT2D eigenvalue weighted by molar-refractivity contribution is -0.000321. The van der Waals surface area contributed by atoms with E-state index in [0.29, 0.717) is 5.41 Å². The van der Waals surface area contributed by atoms with E-state index in [0.717, 1.165) is 58.5 Å². The van der Waals surface area contributed by atoms with Crippen molar-refractivity contribution in [1.82, 2.24) is 4.90 Å². The molecule has 0 aliphatic carbocycles. The fourth-order valence-corrected chi connectivity index (χ4v) is 3.88. The molecule has 0 unspecified atom stereocenters. The van der Waals surface area contributed by atoms with E-state index in [2.05, 4.69) is 30.0 Å². The van der Waals surface area contributed by atoms with Crippen molar-refractivity contribution >= 4 is 0 Å². The molecule has 2 aliphatic rings. The number of hydrogen-bond acceptors (Lipinski definition) is 3. The Balaban J connectivity index is 1.63. The highest BCUT2D eigenvalue weighted by Gasteiger charge is 2.38. The normalized spacial score (nSPS) is 24.5. The van der Waals surface area contributed by atoms with Gasteiger partial charge in [-0.3, -0.25) is 0 Å². The largest absolute Gasteiger partial charge is 0.381 e. The van der Waals surface area contributed by atoms with Crippen LogP contribution in [0.4, 0.5) is 0 Å². The minimum Gasteiger partial charge on any atom is -0.381 e. The van der Waals surface area contributed by atoms with Crippen LogP contribution >= 0.6 is 0 Å². The van der Waals surface area contributed by atoms with Gasteiger partial charge in [-0.15, -0.1) is 0 Å². The van der Waals surface area contributed by atoms with Crippen LogP contribution in [0.1, 0.15) is 38.2 Å². The number of hydrogen-bond donors (Lipinski definition) is 0. The smallest absolute Gasteiger partial charge is 0.0846 e. The molecule has 118 valence electrons. The van der Waals surface area contributed by atoms with Gasteiger partial charge in [0.1, 0.15) is 0 Å². The monoisotopic (exact) mass is 298 g/mol. The molecule has 0 aromatic heterocycles. The predicted octanol–water partition coefficient (Wildman–Crippen LogP) is 3.36. The molecule has 0 saturated carbocycles. The summed E-state index contributed by atoms with van der Waals surface area (Å²) < 4.78 is 5.50. The second kappa shape index (κ2) is 6.40. The van der Waals surface area contributed by atoms with E-state index < -0.39 is 0 Å². The molecule has 0 spiro atoms. The van der Waals surface area contributed by atoms with Gasteiger partial charge < -0.3 is 9.64 Å². The molecular formula is C19H26N2O. The van der Waals surface area contributed by atoms with Gasteiger partial charge in [-0.05, 0) is 36.7 Å². The van der Waals surface area contributed by atoms with Crippen LogP contribution in [-0.4, -0.2) is 37.7 Å². The molecule has 3 rings (SSSR count). The van der Waals surface area contributed by atoms with Crippen molar-refractivity contribution in [2.45, 2.75) is 38.0 Å². The van der Waals surface area contributed by atoms with Gasteiger partial charge in [0.25, 0.3) is 0 Å². The maximum absolute atomic E-state index is 9.77. The quantitative estimate of drug-likeness (QED) is 0.858. The second-order valence-corrected chi connectivity index (χ2v) is 7.26. The molecular weight excluding hydrogens is 272 g/mol. The van der Waals surface area contributed by atoms with Crippen LogP contribution in [0.5, 0.6) is 0 Å². The molecule has 0 bridgehead atoms.